The number of amides is 2. The summed E-state index contributed by atoms with van der Waals surface area (Å²) in [4.78, 5) is 39.0. The number of fused-ring (bicyclic) bond motifs is 1. The highest BCUT2D eigenvalue weighted by Crippen LogP contribution is 2.39. The monoisotopic (exact) mass is 502 g/mol. The number of likely N-dealkylation sites (N-methyl/N-ethyl adjacent to an activating group) is 1. The van der Waals surface area contributed by atoms with E-state index in [-0.39, 0.29) is 52.8 Å². The lowest BCUT2D eigenvalue weighted by Crippen LogP contribution is -2.26. The number of hydrogen-bond acceptors (Lipinski definition) is 10. The maximum absolute atomic E-state index is 12.0. The fraction of sp³-hybridized carbons (Fsp3) is 0.167. The average Bonchev–Trinajstić information content (AvgIpc) is 3.30. The van der Waals surface area contributed by atoms with Crippen molar-refractivity contribution < 1.29 is 23.8 Å². The van der Waals surface area contributed by atoms with E-state index in [4.69, 9.17) is 31.1 Å². The van der Waals surface area contributed by atoms with Crippen LogP contribution < -0.4 is 31.0 Å². The third-order valence-corrected chi connectivity index (χ3v) is 5.55. The quantitative estimate of drug-likeness (QED) is 0.273. The van der Waals surface area contributed by atoms with Crippen molar-refractivity contribution in [1.82, 2.24) is 14.9 Å². The molecule has 1 aromatic heterocycles. The summed E-state index contributed by atoms with van der Waals surface area (Å²) in [7, 11) is 1.97. The zero-order valence-electron chi connectivity index (χ0n) is 19.6. The molecule has 0 radical (unpaired) electrons. The summed E-state index contributed by atoms with van der Waals surface area (Å²) in [6, 6.07) is 11.4. The molecule has 13 nitrogen and oxygen atoms in total. The zero-order valence-corrected chi connectivity index (χ0v) is 19.6. The minimum Gasteiger partial charge on any atom is -0.466 e. The Bertz CT molecular complexity index is 1470. The van der Waals surface area contributed by atoms with Crippen LogP contribution in [0, 0.1) is 5.41 Å². The van der Waals surface area contributed by atoms with Gasteiger partial charge >= 0.3 is 6.01 Å². The lowest BCUT2D eigenvalue weighted by molar-refractivity contribution is -0.118. The number of aromatic nitrogens is 2. The van der Waals surface area contributed by atoms with Crippen LogP contribution in [0.15, 0.2) is 47.5 Å². The van der Waals surface area contributed by atoms with E-state index in [0.29, 0.717) is 5.75 Å². The van der Waals surface area contributed by atoms with Gasteiger partial charge in [-0.05, 0) is 30.3 Å². The van der Waals surface area contributed by atoms with E-state index in [1.807, 2.05) is 25.2 Å². The Morgan fingerprint density at radius 3 is 2.65 bits per heavy atom. The molecule has 13 heteroatoms. The lowest BCUT2D eigenvalue weighted by Gasteiger charge is -2.20. The summed E-state index contributed by atoms with van der Waals surface area (Å²) in [6.07, 6.45) is 0. The molecule has 5 rings (SSSR count). The number of nitrogen functional groups attached to an aromatic ring is 1. The number of hydrogen-bond donors (Lipinski definition) is 4. The summed E-state index contributed by atoms with van der Waals surface area (Å²) in [5, 5.41) is 10.3. The molecule has 188 valence electrons. The third-order valence-electron chi connectivity index (χ3n) is 5.55. The fourth-order valence-electron chi connectivity index (χ4n) is 3.83. The molecule has 0 spiro atoms. The number of nitrogens with zero attached hydrogens (tertiary/aromatic N) is 4. The van der Waals surface area contributed by atoms with E-state index in [1.165, 1.54) is 18.2 Å². The summed E-state index contributed by atoms with van der Waals surface area (Å²) < 4.78 is 17.2. The molecule has 2 amide bonds. The summed E-state index contributed by atoms with van der Waals surface area (Å²) in [5.41, 5.74) is 12.1. The largest absolute Gasteiger partial charge is 0.466 e. The smallest absolute Gasteiger partial charge is 0.328 e. The van der Waals surface area contributed by atoms with Crippen molar-refractivity contribution in [3.05, 3.63) is 59.2 Å². The molecule has 3 aromatic rings. The van der Waals surface area contributed by atoms with Gasteiger partial charge in [-0.3, -0.25) is 20.0 Å². The Kier molecular flexibility index (Phi) is 6.01. The summed E-state index contributed by atoms with van der Waals surface area (Å²) >= 11 is 0. The van der Waals surface area contributed by atoms with Gasteiger partial charge in [-0.2, -0.15) is 9.97 Å². The van der Waals surface area contributed by atoms with Crippen molar-refractivity contribution in [2.24, 2.45) is 16.5 Å². The molecule has 2 aromatic carbocycles. The maximum atomic E-state index is 12.0. The molecule has 37 heavy (non-hydrogen) atoms. The van der Waals surface area contributed by atoms with Gasteiger partial charge in [0.1, 0.15) is 23.2 Å². The van der Waals surface area contributed by atoms with Crippen LogP contribution in [0.3, 0.4) is 0 Å². The minimum atomic E-state index is -0.793. The average molecular weight is 502 g/mol. The number of anilines is 1. The van der Waals surface area contributed by atoms with E-state index < -0.39 is 11.8 Å². The van der Waals surface area contributed by atoms with Gasteiger partial charge in [0.05, 0.1) is 12.1 Å². The number of carbonyl (C=O) groups is 2. The highest BCUT2D eigenvalue weighted by atomic mass is 16.5. The van der Waals surface area contributed by atoms with E-state index >= 15 is 0 Å². The van der Waals surface area contributed by atoms with E-state index in [2.05, 4.69) is 25.2 Å². The van der Waals surface area contributed by atoms with Gasteiger partial charge < -0.3 is 35.9 Å². The second kappa shape index (κ2) is 9.45. The zero-order chi connectivity index (χ0) is 26.1. The van der Waals surface area contributed by atoms with Crippen molar-refractivity contribution in [2.75, 3.05) is 32.1 Å². The van der Waals surface area contributed by atoms with Crippen LogP contribution in [0.2, 0.25) is 0 Å². The Morgan fingerprint density at radius 2 is 1.92 bits per heavy atom. The topological polar surface area (TPSA) is 191 Å². The van der Waals surface area contributed by atoms with Crippen molar-refractivity contribution in [1.29, 1.82) is 5.41 Å². The van der Waals surface area contributed by atoms with Crippen LogP contribution in [0.25, 0.3) is 0 Å². The number of rotatable bonds is 7. The molecule has 0 fully saturated rings. The first-order chi connectivity index (χ1) is 17.8. The van der Waals surface area contributed by atoms with E-state index in [9.17, 15) is 9.59 Å². The van der Waals surface area contributed by atoms with Crippen molar-refractivity contribution >= 4 is 29.2 Å². The van der Waals surface area contributed by atoms with Gasteiger partial charge in [-0.25, -0.2) is 0 Å². The number of aliphatic imine (C=N–C) groups is 1. The molecule has 3 heterocycles. The summed E-state index contributed by atoms with van der Waals surface area (Å²) in [6.45, 7) is 1.31. The molecule has 0 saturated heterocycles. The number of benzene rings is 2. The van der Waals surface area contributed by atoms with Gasteiger partial charge in [0.15, 0.2) is 12.3 Å². The number of primary amides is 1. The molecular formula is C24H22N8O5. The Balaban J connectivity index is 1.49. The standard InChI is InChI=1S/C24H22N8O5/c1-32-8-7-28-21(32)12-3-2-4-13(9-12)37-24-30-22-18(29-17(33)11-35-22)23(31-24)36-14-5-6-15(19(25)26)16(10-14)20(27)34/h2-6,9-10H,7-8,11H2,1H3,(H3,25,26)(H2,27,34)(H,29,33). The Hall–Kier alpha value is -5.20. The van der Waals surface area contributed by atoms with Gasteiger partial charge in [-0.1, -0.05) is 12.1 Å². The van der Waals surface area contributed by atoms with Crippen LogP contribution in [0.4, 0.5) is 5.69 Å². The predicted octanol–water partition coefficient (Wildman–Crippen LogP) is 1.47. The Morgan fingerprint density at radius 1 is 1.11 bits per heavy atom. The van der Waals surface area contributed by atoms with Gasteiger partial charge in [-0.15, -0.1) is 0 Å². The SMILES string of the molecule is CN1CCN=C1c1cccc(Oc2nc3c(c(Oc4ccc(C(=N)N)c(C(N)=O)c4)n2)NC(=O)CO3)c1. The minimum absolute atomic E-state index is 0.0127. The predicted molar refractivity (Wildman–Crippen MR) is 133 cm³/mol. The first-order valence-corrected chi connectivity index (χ1v) is 11.1. The van der Waals surface area contributed by atoms with Crippen LogP contribution >= 0.6 is 0 Å². The molecule has 0 atom stereocenters. The maximum Gasteiger partial charge on any atom is 0.328 e. The highest BCUT2D eigenvalue weighted by Gasteiger charge is 2.26. The Labute approximate surface area is 210 Å². The van der Waals surface area contributed by atoms with Crippen molar-refractivity contribution in [3.63, 3.8) is 0 Å². The number of carbonyl (C=O) groups excluding carboxylic acids is 2. The molecule has 2 aliphatic rings. The fourth-order valence-corrected chi connectivity index (χ4v) is 3.83. The van der Waals surface area contributed by atoms with Gasteiger partial charge in [0.25, 0.3) is 11.8 Å². The number of ether oxygens (including phenoxy) is 3. The highest BCUT2D eigenvalue weighted by molar-refractivity contribution is 6.07. The lowest BCUT2D eigenvalue weighted by atomic mass is 10.1. The number of amidine groups is 2. The third kappa shape index (κ3) is 4.82. The van der Waals surface area contributed by atoms with Crippen LogP contribution in [0.1, 0.15) is 21.5 Å². The van der Waals surface area contributed by atoms with E-state index in [1.54, 1.807) is 6.07 Å². The molecule has 6 N–H and O–H groups in total. The molecule has 0 unspecified atom stereocenters. The van der Waals surface area contributed by atoms with Crippen LogP contribution in [0.5, 0.6) is 29.3 Å². The summed E-state index contributed by atoms with van der Waals surface area (Å²) in [5.74, 6) is -0.129. The van der Waals surface area contributed by atoms with Gasteiger partial charge in [0, 0.05) is 24.7 Å². The second-order valence-corrected chi connectivity index (χ2v) is 8.17. The first-order valence-electron chi connectivity index (χ1n) is 11.1. The second-order valence-electron chi connectivity index (χ2n) is 8.17. The normalized spacial score (nSPS) is 14.2. The van der Waals surface area contributed by atoms with Crippen LogP contribution in [-0.4, -0.2) is 65.1 Å². The van der Waals surface area contributed by atoms with E-state index in [0.717, 1.165) is 24.5 Å². The first kappa shape index (κ1) is 23.5. The molecule has 0 saturated carbocycles. The van der Waals surface area contributed by atoms with Crippen LogP contribution in [-0.2, 0) is 4.79 Å². The molecule has 0 aliphatic carbocycles. The van der Waals surface area contributed by atoms with Gasteiger partial charge in [0.2, 0.25) is 11.8 Å². The molecular weight excluding hydrogens is 480 g/mol. The van der Waals surface area contributed by atoms with Crippen molar-refractivity contribution in [2.45, 2.75) is 0 Å². The number of nitrogens with one attached hydrogen (secondary N) is 2. The molecule has 2 aliphatic heterocycles. The number of nitrogens with two attached hydrogens (primary N) is 2. The van der Waals surface area contributed by atoms with Crippen molar-refractivity contribution in [3.8, 4) is 29.3 Å². The molecule has 0 bridgehead atoms.